The molecule has 0 radical (unpaired) electrons. The molecule has 7 heteroatoms. The van der Waals surface area contributed by atoms with Crippen LogP contribution in [0.15, 0.2) is 42.5 Å². The van der Waals surface area contributed by atoms with Gasteiger partial charge in [0.25, 0.3) is 0 Å². The van der Waals surface area contributed by atoms with Gasteiger partial charge in [-0.15, -0.1) is 0 Å². The van der Waals surface area contributed by atoms with E-state index in [1.165, 1.54) is 0 Å². The number of hydrogen-bond acceptors (Lipinski definition) is 5. The Balaban J connectivity index is 1.75. The van der Waals surface area contributed by atoms with Gasteiger partial charge in [-0.1, -0.05) is 0 Å². The van der Waals surface area contributed by atoms with Crippen molar-refractivity contribution in [3.63, 3.8) is 0 Å². The van der Waals surface area contributed by atoms with Crippen LogP contribution in [0.5, 0.6) is 17.2 Å². The summed E-state index contributed by atoms with van der Waals surface area (Å²) in [5, 5.41) is 3.99. The molecule has 1 saturated heterocycles. The van der Waals surface area contributed by atoms with Gasteiger partial charge in [0.05, 0.1) is 26.9 Å². The third-order valence-electron chi connectivity index (χ3n) is 5.01. The first-order valence-corrected chi connectivity index (χ1v) is 10.6. The molecule has 6 nitrogen and oxygen atoms in total. The zero-order valence-corrected chi connectivity index (χ0v) is 18.7. The van der Waals surface area contributed by atoms with Crippen LogP contribution in [0.25, 0.3) is 0 Å². The van der Waals surface area contributed by atoms with Gasteiger partial charge in [-0.2, -0.15) is 0 Å². The van der Waals surface area contributed by atoms with Gasteiger partial charge < -0.3 is 29.2 Å². The van der Waals surface area contributed by atoms with Crippen LogP contribution in [0.3, 0.4) is 0 Å². The van der Waals surface area contributed by atoms with Gasteiger partial charge in [-0.05, 0) is 68.4 Å². The standard InChI is InChI=1S/C23H30N2O4S/c1-4-28-19-11-8-18(9-12-19)24-23(30)25(16-21-6-5-13-29-21)15-17-7-10-20(26-2)14-22(17)27-3/h7-12,14,21H,4-6,13,15-16H2,1-3H3,(H,24,30). The molecule has 3 rings (SSSR count). The van der Waals surface area contributed by atoms with Crippen LogP contribution < -0.4 is 19.5 Å². The van der Waals surface area contributed by atoms with Gasteiger partial charge in [0.2, 0.25) is 0 Å². The van der Waals surface area contributed by atoms with Crippen molar-refractivity contribution in [3.8, 4) is 17.2 Å². The Hall–Kier alpha value is -2.51. The molecule has 2 aromatic rings. The average molecular weight is 431 g/mol. The lowest BCUT2D eigenvalue weighted by Crippen LogP contribution is -2.39. The second-order valence-corrected chi connectivity index (χ2v) is 7.47. The number of benzene rings is 2. The van der Waals surface area contributed by atoms with E-state index in [9.17, 15) is 0 Å². The van der Waals surface area contributed by atoms with Crippen molar-refractivity contribution in [3.05, 3.63) is 48.0 Å². The van der Waals surface area contributed by atoms with E-state index >= 15 is 0 Å². The van der Waals surface area contributed by atoms with Crippen LogP contribution >= 0.6 is 12.2 Å². The van der Waals surface area contributed by atoms with Crippen LogP contribution in [-0.4, -0.2) is 50.1 Å². The highest BCUT2D eigenvalue weighted by atomic mass is 32.1. The summed E-state index contributed by atoms with van der Waals surface area (Å²) in [6.07, 6.45) is 2.31. The van der Waals surface area contributed by atoms with Crippen molar-refractivity contribution < 1.29 is 18.9 Å². The smallest absolute Gasteiger partial charge is 0.173 e. The Morgan fingerprint density at radius 1 is 1.13 bits per heavy atom. The summed E-state index contributed by atoms with van der Waals surface area (Å²) in [6, 6.07) is 13.6. The van der Waals surface area contributed by atoms with Gasteiger partial charge in [-0.3, -0.25) is 0 Å². The van der Waals surface area contributed by atoms with Crippen LogP contribution in [0, 0.1) is 0 Å². The molecule has 1 fully saturated rings. The van der Waals surface area contributed by atoms with Crippen molar-refractivity contribution in [2.75, 3.05) is 39.3 Å². The average Bonchev–Trinajstić information content (AvgIpc) is 3.28. The van der Waals surface area contributed by atoms with Gasteiger partial charge in [-0.25, -0.2) is 0 Å². The summed E-state index contributed by atoms with van der Waals surface area (Å²) < 4.78 is 22.3. The summed E-state index contributed by atoms with van der Waals surface area (Å²) in [5.74, 6) is 2.38. The highest BCUT2D eigenvalue weighted by Crippen LogP contribution is 2.27. The number of ether oxygens (including phenoxy) is 4. The lowest BCUT2D eigenvalue weighted by Gasteiger charge is -2.29. The highest BCUT2D eigenvalue weighted by Gasteiger charge is 2.22. The molecule has 2 aromatic carbocycles. The molecule has 0 spiro atoms. The first-order valence-electron chi connectivity index (χ1n) is 10.2. The Labute approximate surface area is 184 Å². The van der Waals surface area contributed by atoms with E-state index in [-0.39, 0.29) is 6.10 Å². The number of nitrogens with zero attached hydrogens (tertiary/aromatic N) is 1. The summed E-state index contributed by atoms with van der Waals surface area (Å²) in [7, 11) is 3.31. The number of nitrogens with one attached hydrogen (secondary N) is 1. The van der Waals surface area contributed by atoms with E-state index < -0.39 is 0 Å². The van der Waals surface area contributed by atoms with Crippen molar-refractivity contribution >= 4 is 23.0 Å². The largest absolute Gasteiger partial charge is 0.497 e. The second-order valence-electron chi connectivity index (χ2n) is 7.08. The topological polar surface area (TPSA) is 52.2 Å². The number of methoxy groups -OCH3 is 2. The van der Waals surface area contributed by atoms with E-state index in [2.05, 4.69) is 10.2 Å². The Kier molecular flexibility index (Phi) is 8.16. The predicted octanol–water partition coefficient (Wildman–Crippen LogP) is 4.48. The molecule has 1 heterocycles. The van der Waals surface area contributed by atoms with Crippen molar-refractivity contribution in [1.29, 1.82) is 0 Å². The molecule has 1 aliphatic heterocycles. The molecule has 0 bridgehead atoms. The van der Waals surface area contributed by atoms with E-state index in [4.69, 9.17) is 31.2 Å². The van der Waals surface area contributed by atoms with E-state index in [0.29, 0.717) is 18.3 Å². The molecule has 162 valence electrons. The molecule has 0 aromatic heterocycles. The minimum Gasteiger partial charge on any atom is -0.497 e. The summed E-state index contributed by atoms with van der Waals surface area (Å²) in [4.78, 5) is 2.13. The molecular weight excluding hydrogens is 400 g/mol. The SMILES string of the molecule is CCOc1ccc(NC(=S)N(Cc2ccc(OC)cc2OC)CC2CCCO2)cc1. The fraction of sp³-hybridized carbons (Fsp3) is 0.435. The number of anilines is 1. The molecular formula is C23H30N2O4S. The summed E-state index contributed by atoms with van der Waals surface area (Å²) >= 11 is 5.77. The zero-order chi connectivity index (χ0) is 21.3. The lowest BCUT2D eigenvalue weighted by molar-refractivity contribution is 0.0903. The number of thiocarbonyl (C=S) groups is 1. The first-order chi connectivity index (χ1) is 14.6. The number of hydrogen-bond donors (Lipinski definition) is 1. The van der Waals surface area contributed by atoms with Crippen molar-refractivity contribution in [2.45, 2.75) is 32.4 Å². The van der Waals surface area contributed by atoms with E-state index in [1.807, 2.05) is 49.4 Å². The van der Waals surface area contributed by atoms with Crippen LogP contribution in [-0.2, 0) is 11.3 Å². The lowest BCUT2D eigenvalue weighted by atomic mass is 10.1. The van der Waals surface area contributed by atoms with E-state index in [1.54, 1.807) is 14.2 Å². The maximum Gasteiger partial charge on any atom is 0.173 e. The van der Waals surface area contributed by atoms with Crippen molar-refractivity contribution in [2.24, 2.45) is 0 Å². The second kappa shape index (κ2) is 11.0. The molecule has 30 heavy (non-hydrogen) atoms. The quantitative estimate of drug-likeness (QED) is 0.589. The highest BCUT2D eigenvalue weighted by molar-refractivity contribution is 7.80. The Morgan fingerprint density at radius 3 is 2.53 bits per heavy atom. The van der Waals surface area contributed by atoms with Crippen LogP contribution in [0.4, 0.5) is 5.69 Å². The molecule has 0 amide bonds. The monoisotopic (exact) mass is 430 g/mol. The maximum absolute atomic E-state index is 5.86. The zero-order valence-electron chi connectivity index (χ0n) is 17.8. The Bertz CT molecular complexity index is 822. The van der Waals surface area contributed by atoms with Gasteiger partial charge in [0.15, 0.2) is 5.11 Å². The molecule has 1 atom stereocenters. The van der Waals surface area contributed by atoms with Gasteiger partial charge in [0.1, 0.15) is 17.2 Å². The summed E-state index contributed by atoms with van der Waals surface area (Å²) in [6.45, 7) is 4.75. The van der Waals surface area contributed by atoms with Crippen molar-refractivity contribution in [1.82, 2.24) is 4.90 Å². The minimum absolute atomic E-state index is 0.175. The van der Waals surface area contributed by atoms with Crippen LogP contribution in [0.1, 0.15) is 25.3 Å². The third-order valence-corrected chi connectivity index (χ3v) is 5.37. The number of rotatable bonds is 9. The normalized spacial score (nSPS) is 15.5. The van der Waals surface area contributed by atoms with Crippen LogP contribution in [0.2, 0.25) is 0 Å². The van der Waals surface area contributed by atoms with Gasteiger partial charge >= 0.3 is 0 Å². The van der Waals surface area contributed by atoms with Gasteiger partial charge in [0, 0.05) is 37.0 Å². The minimum atomic E-state index is 0.175. The first kappa shape index (κ1) is 22.2. The fourth-order valence-corrected chi connectivity index (χ4v) is 3.70. The molecule has 0 saturated carbocycles. The molecule has 1 aliphatic rings. The maximum atomic E-state index is 5.86. The molecule has 1 unspecified atom stereocenters. The fourth-order valence-electron chi connectivity index (χ4n) is 3.45. The predicted molar refractivity (Wildman–Crippen MR) is 123 cm³/mol. The molecule has 0 aliphatic carbocycles. The molecule has 1 N–H and O–H groups in total. The third kappa shape index (κ3) is 6.00. The van der Waals surface area contributed by atoms with E-state index in [0.717, 1.165) is 54.5 Å². The summed E-state index contributed by atoms with van der Waals surface area (Å²) in [5.41, 5.74) is 1.95. The Morgan fingerprint density at radius 2 is 1.90 bits per heavy atom.